The molecule has 0 saturated carbocycles. The van der Waals surface area contributed by atoms with Crippen LogP contribution in [-0.4, -0.2) is 24.8 Å². The van der Waals surface area contributed by atoms with Crippen molar-refractivity contribution in [3.63, 3.8) is 0 Å². The van der Waals surface area contributed by atoms with E-state index < -0.39 is 6.03 Å². The molecule has 0 aromatic rings. The molecule has 1 aliphatic rings. The van der Waals surface area contributed by atoms with Crippen molar-refractivity contribution in [2.45, 2.75) is 25.4 Å². The molecule has 1 unspecified atom stereocenters. The molecule has 1 saturated heterocycles. The van der Waals surface area contributed by atoms with Crippen molar-refractivity contribution in [3.8, 4) is 0 Å². The summed E-state index contributed by atoms with van der Waals surface area (Å²) >= 11 is 0. The third-order valence-corrected chi connectivity index (χ3v) is 1.94. The van der Waals surface area contributed by atoms with Gasteiger partial charge in [0.15, 0.2) is 0 Å². The highest BCUT2D eigenvalue weighted by molar-refractivity contribution is 5.71. The monoisotopic (exact) mass is 158 g/mol. The average Bonchev–Trinajstić information content (AvgIpc) is 2.33. The zero-order valence-electron chi connectivity index (χ0n) is 6.72. The van der Waals surface area contributed by atoms with Gasteiger partial charge in [0.05, 0.1) is 5.60 Å². The summed E-state index contributed by atoms with van der Waals surface area (Å²) < 4.78 is 5.42. The first kappa shape index (κ1) is 8.33. The van der Waals surface area contributed by atoms with Gasteiger partial charge in [0, 0.05) is 13.2 Å². The Morgan fingerprint density at radius 1 is 1.82 bits per heavy atom. The van der Waals surface area contributed by atoms with Crippen molar-refractivity contribution in [1.82, 2.24) is 5.32 Å². The maximum absolute atomic E-state index is 10.4. The molecule has 0 aromatic carbocycles. The molecule has 0 spiro atoms. The lowest BCUT2D eigenvalue weighted by Gasteiger charge is -2.22. The molecular formula is C7H14N2O2. The molecule has 1 fully saturated rings. The van der Waals surface area contributed by atoms with Gasteiger partial charge in [-0.2, -0.15) is 0 Å². The fourth-order valence-electron chi connectivity index (χ4n) is 1.25. The number of primary amides is 1. The minimum Gasteiger partial charge on any atom is -0.373 e. The van der Waals surface area contributed by atoms with E-state index in [-0.39, 0.29) is 5.60 Å². The van der Waals surface area contributed by atoms with Crippen LogP contribution in [0.5, 0.6) is 0 Å². The number of amides is 2. The first-order valence-corrected chi connectivity index (χ1v) is 3.80. The second kappa shape index (κ2) is 3.09. The van der Waals surface area contributed by atoms with E-state index in [1.165, 1.54) is 0 Å². The smallest absolute Gasteiger partial charge is 0.312 e. The van der Waals surface area contributed by atoms with Crippen molar-refractivity contribution in [1.29, 1.82) is 0 Å². The van der Waals surface area contributed by atoms with Crippen LogP contribution >= 0.6 is 0 Å². The quantitative estimate of drug-likeness (QED) is 0.604. The van der Waals surface area contributed by atoms with Crippen LogP contribution in [0.15, 0.2) is 0 Å². The van der Waals surface area contributed by atoms with Gasteiger partial charge in [0.2, 0.25) is 0 Å². The lowest BCUT2D eigenvalue weighted by Crippen LogP contribution is -2.42. The molecule has 2 amide bonds. The molecule has 1 rings (SSSR count). The Bertz CT molecular complexity index is 153. The molecule has 4 heteroatoms. The maximum Gasteiger partial charge on any atom is 0.312 e. The molecule has 3 N–H and O–H groups in total. The zero-order valence-corrected chi connectivity index (χ0v) is 6.72. The number of hydrogen-bond donors (Lipinski definition) is 2. The van der Waals surface area contributed by atoms with E-state index in [2.05, 4.69) is 5.32 Å². The molecule has 1 atom stereocenters. The van der Waals surface area contributed by atoms with Crippen molar-refractivity contribution in [2.24, 2.45) is 5.73 Å². The summed E-state index contributed by atoms with van der Waals surface area (Å²) in [5, 5.41) is 2.54. The van der Waals surface area contributed by atoms with Crippen LogP contribution in [0.4, 0.5) is 4.79 Å². The molecule has 4 nitrogen and oxygen atoms in total. The highest BCUT2D eigenvalue weighted by Crippen LogP contribution is 2.23. The van der Waals surface area contributed by atoms with Gasteiger partial charge in [-0.15, -0.1) is 0 Å². The van der Waals surface area contributed by atoms with E-state index in [0.717, 1.165) is 19.4 Å². The number of ether oxygens (including phenoxy) is 1. The summed E-state index contributed by atoms with van der Waals surface area (Å²) in [6.45, 7) is 3.29. The molecular weight excluding hydrogens is 144 g/mol. The van der Waals surface area contributed by atoms with Crippen LogP contribution in [-0.2, 0) is 4.74 Å². The van der Waals surface area contributed by atoms with Crippen LogP contribution in [0.2, 0.25) is 0 Å². The first-order chi connectivity index (χ1) is 5.12. The Hall–Kier alpha value is -0.770. The fraction of sp³-hybridized carbons (Fsp3) is 0.857. The number of carbonyl (C=O) groups is 1. The third-order valence-electron chi connectivity index (χ3n) is 1.94. The molecule has 64 valence electrons. The number of rotatable bonds is 2. The summed E-state index contributed by atoms with van der Waals surface area (Å²) in [5.74, 6) is 0. The van der Waals surface area contributed by atoms with Gasteiger partial charge in [-0.1, -0.05) is 0 Å². The molecule has 0 bridgehead atoms. The lowest BCUT2D eigenvalue weighted by atomic mass is 10.0. The van der Waals surface area contributed by atoms with E-state index in [1.807, 2.05) is 6.92 Å². The summed E-state index contributed by atoms with van der Waals surface area (Å²) in [4.78, 5) is 10.4. The Labute approximate surface area is 66.1 Å². The number of urea groups is 1. The minimum atomic E-state index is -0.485. The summed E-state index contributed by atoms with van der Waals surface area (Å²) in [6, 6.07) is -0.485. The minimum absolute atomic E-state index is 0.185. The second-order valence-electron chi connectivity index (χ2n) is 3.12. The number of hydrogen-bond acceptors (Lipinski definition) is 2. The molecule has 1 heterocycles. The summed E-state index contributed by atoms with van der Waals surface area (Å²) in [7, 11) is 0. The highest BCUT2D eigenvalue weighted by atomic mass is 16.5. The van der Waals surface area contributed by atoms with Crippen LogP contribution in [0, 0.1) is 0 Å². The van der Waals surface area contributed by atoms with Crippen molar-refractivity contribution in [2.75, 3.05) is 13.2 Å². The SMILES string of the molecule is CC1(CNC(N)=O)CCCO1. The van der Waals surface area contributed by atoms with Gasteiger partial charge in [-0.25, -0.2) is 4.79 Å². The van der Waals surface area contributed by atoms with Gasteiger partial charge in [0.1, 0.15) is 0 Å². The van der Waals surface area contributed by atoms with Crippen molar-refractivity contribution < 1.29 is 9.53 Å². The Morgan fingerprint density at radius 3 is 3.00 bits per heavy atom. The number of nitrogens with two attached hydrogens (primary N) is 1. The van der Waals surface area contributed by atoms with Gasteiger partial charge in [0.25, 0.3) is 0 Å². The normalized spacial score (nSPS) is 30.3. The lowest BCUT2D eigenvalue weighted by molar-refractivity contribution is 0.0231. The third kappa shape index (κ3) is 2.38. The van der Waals surface area contributed by atoms with Crippen LogP contribution in [0.1, 0.15) is 19.8 Å². The van der Waals surface area contributed by atoms with Gasteiger partial charge in [-0.05, 0) is 19.8 Å². The van der Waals surface area contributed by atoms with E-state index in [9.17, 15) is 4.79 Å². The fourth-order valence-corrected chi connectivity index (χ4v) is 1.25. The van der Waals surface area contributed by atoms with Gasteiger partial charge >= 0.3 is 6.03 Å². The Kier molecular flexibility index (Phi) is 2.34. The molecule has 1 aliphatic heterocycles. The van der Waals surface area contributed by atoms with Crippen LogP contribution in [0.3, 0.4) is 0 Å². The average molecular weight is 158 g/mol. The van der Waals surface area contributed by atoms with E-state index in [0.29, 0.717) is 6.54 Å². The second-order valence-corrected chi connectivity index (χ2v) is 3.12. The standard InChI is InChI=1S/C7H14N2O2/c1-7(3-2-4-11-7)5-9-6(8)10/h2-5H2,1H3,(H3,8,9,10). The van der Waals surface area contributed by atoms with Gasteiger partial charge in [-0.3, -0.25) is 0 Å². The molecule has 0 aromatic heterocycles. The van der Waals surface area contributed by atoms with Gasteiger partial charge < -0.3 is 15.8 Å². The van der Waals surface area contributed by atoms with Crippen molar-refractivity contribution in [3.05, 3.63) is 0 Å². The van der Waals surface area contributed by atoms with Crippen LogP contribution < -0.4 is 11.1 Å². The van der Waals surface area contributed by atoms with Crippen molar-refractivity contribution >= 4 is 6.03 Å². The largest absolute Gasteiger partial charge is 0.373 e. The molecule has 11 heavy (non-hydrogen) atoms. The first-order valence-electron chi connectivity index (χ1n) is 3.80. The Morgan fingerprint density at radius 2 is 2.55 bits per heavy atom. The zero-order chi connectivity index (χ0) is 8.32. The molecule has 0 aliphatic carbocycles. The van der Waals surface area contributed by atoms with Crippen LogP contribution in [0.25, 0.3) is 0 Å². The topological polar surface area (TPSA) is 64.3 Å². The van der Waals surface area contributed by atoms with E-state index in [4.69, 9.17) is 10.5 Å². The summed E-state index contributed by atoms with van der Waals surface area (Å²) in [5.41, 5.74) is 4.74. The Balaban J connectivity index is 2.28. The molecule has 0 radical (unpaired) electrons. The van der Waals surface area contributed by atoms with E-state index in [1.54, 1.807) is 0 Å². The predicted molar refractivity (Wildman–Crippen MR) is 41.2 cm³/mol. The maximum atomic E-state index is 10.4. The number of nitrogens with one attached hydrogen (secondary N) is 1. The predicted octanol–water partition coefficient (Wildman–Crippen LogP) is 0.224. The summed E-state index contributed by atoms with van der Waals surface area (Å²) in [6.07, 6.45) is 2.06. The highest BCUT2D eigenvalue weighted by Gasteiger charge is 2.29. The van der Waals surface area contributed by atoms with E-state index >= 15 is 0 Å². The number of carbonyl (C=O) groups excluding carboxylic acids is 1.